The normalized spacial score (nSPS) is 17.0. The van der Waals surface area contributed by atoms with Gasteiger partial charge in [0.05, 0.1) is 17.9 Å². The highest BCUT2D eigenvalue weighted by molar-refractivity contribution is 5.71. The summed E-state index contributed by atoms with van der Waals surface area (Å²) < 4.78 is 13.4. The highest BCUT2D eigenvalue weighted by Crippen LogP contribution is 2.30. The molecule has 4 N–H and O–H groups in total. The lowest BCUT2D eigenvalue weighted by Gasteiger charge is -2.29. The zero-order valence-electron chi connectivity index (χ0n) is 12.7. The molecule has 3 rings (SSSR count). The van der Waals surface area contributed by atoms with Crippen LogP contribution in [0.4, 0.5) is 16.2 Å². The lowest BCUT2D eigenvalue weighted by atomic mass is 10.0. The average molecular weight is 319 g/mol. The molecule has 1 unspecified atom stereocenters. The van der Waals surface area contributed by atoms with Crippen LogP contribution in [0.3, 0.4) is 0 Å². The Bertz CT molecular complexity index is 725. The quantitative estimate of drug-likeness (QED) is 0.596. The first-order chi connectivity index (χ1) is 11.1. The van der Waals surface area contributed by atoms with Crippen LogP contribution >= 0.6 is 0 Å². The maximum Gasteiger partial charge on any atom is 0.237 e. The van der Waals surface area contributed by atoms with Gasteiger partial charge in [0.25, 0.3) is 0 Å². The first-order valence-electron chi connectivity index (χ1n) is 7.36. The van der Waals surface area contributed by atoms with Crippen molar-refractivity contribution in [3.8, 4) is 11.3 Å². The van der Waals surface area contributed by atoms with Gasteiger partial charge in [-0.2, -0.15) is 4.98 Å². The molecule has 2 heterocycles. The molecular formula is C15H18FN5O2. The van der Waals surface area contributed by atoms with Crippen LogP contribution in [0.25, 0.3) is 11.3 Å². The number of halogens is 1. The summed E-state index contributed by atoms with van der Waals surface area (Å²) in [4.78, 5) is 8.74. The smallest absolute Gasteiger partial charge is 0.237 e. The van der Waals surface area contributed by atoms with Crippen LogP contribution in [0.5, 0.6) is 0 Å². The van der Waals surface area contributed by atoms with E-state index in [2.05, 4.69) is 20.6 Å². The summed E-state index contributed by atoms with van der Waals surface area (Å²) >= 11 is 0. The summed E-state index contributed by atoms with van der Waals surface area (Å²) in [5, 5.41) is 26.9. The monoisotopic (exact) mass is 319 g/mol. The fourth-order valence-corrected chi connectivity index (χ4v) is 2.63. The molecule has 0 aliphatic carbocycles. The second-order valence-electron chi connectivity index (χ2n) is 5.36. The van der Waals surface area contributed by atoms with Gasteiger partial charge in [-0.1, -0.05) is 0 Å². The Balaban J connectivity index is 2.15. The van der Waals surface area contributed by atoms with Gasteiger partial charge >= 0.3 is 0 Å². The number of hydrogen-bond donors (Lipinski definition) is 4. The molecule has 7 nitrogen and oxygen atoms in total. The van der Waals surface area contributed by atoms with Crippen molar-refractivity contribution in [2.75, 3.05) is 25.1 Å². The van der Waals surface area contributed by atoms with Gasteiger partial charge in [0, 0.05) is 18.7 Å². The van der Waals surface area contributed by atoms with Gasteiger partial charge in [-0.05, 0) is 30.7 Å². The summed E-state index contributed by atoms with van der Waals surface area (Å²) in [6, 6.07) is 4.46. The molecule has 0 bridgehead atoms. The highest BCUT2D eigenvalue weighted by atomic mass is 19.1. The summed E-state index contributed by atoms with van der Waals surface area (Å²) in [5.41, 5.74) is 2.81. The van der Waals surface area contributed by atoms with Crippen LogP contribution in [-0.4, -0.2) is 34.9 Å². The van der Waals surface area contributed by atoms with Crippen molar-refractivity contribution in [1.82, 2.24) is 15.3 Å². The van der Waals surface area contributed by atoms with Gasteiger partial charge in [0.15, 0.2) is 0 Å². The second kappa shape index (κ2) is 6.55. The molecule has 0 saturated carbocycles. The number of aliphatic hydroxyl groups excluding tert-OH is 1. The third kappa shape index (κ3) is 3.15. The van der Waals surface area contributed by atoms with Crippen molar-refractivity contribution >= 4 is 11.8 Å². The van der Waals surface area contributed by atoms with Gasteiger partial charge in [-0.3, -0.25) is 5.32 Å². The van der Waals surface area contributed by atoms with Crippen LogP contribution in [-0.2, 0) is 6.54 Å². The number of quaternary nitrogens is 1. The SMILES string of the molecule is Cc1cc(F)ccc1-c1nc(NCCO)nc2c1CNC[NH+]2[O-]. The topological polar surface area (TPSA) is 97.6 Å². The van der Waals surface area contributed by atoms with E-state index >= 15 is 0 Å². The van der Waals surface area contributed by atoms with E-state index in [0.29, 0.717) is 23.6 Å². The number of anilines is 1. The zero-order chi connectivity index (χ0) is 16.4. The number of aromatic nitrogens is 2. The predicted molar refractivity (Wildman–Crippen MR) is 83.4 cm³/mol. The van der Waals surface area contributed by atoms with Gasteiger partial charge in [0.1, 0.15) is 12.5 Å². The lowest BCUT2D eigenvalue weighted by molar-refractivity contribution is -0.786. The van der Waals surface area contributed by atoms with E-state index in [0.717, 1.165) is 11.1 Å². The molecule has 122 valence electrons. The Morgan fingerprint density at radius 2 is 2.26 bits per heavy atom. The van der Waals surface area contributed by atoms with Crippen molar-refractivity contribution in [3.63, 3.8) is 0 Å². The van der Waals surface area contributed by atoms with Crippen LogP contribution in [0.1, 0.15) is 11.1 Å². The summed E-state index contributed by atoms with van der Waals surface area (Å²) in [6.45, 7) is 2.72. The fraction of sp³-hybridized carbons (Fsp3) is 0.333. The Kier molecular flexibility index (Phi) is 4.49. The molecule has 0 saturated heterocycles. The van der Waals surface area contributed by atoms with E-state index in [1.165, 1.54) is 12.1 Å². The van der Waals surface area contributed by atoms with Crippen LogP contribution in [0.15, 0.2) is 18.2 Å². The number of aliphatic hydroxyl groups is 1. The molecule has 1 aromatic carbocycles. The van der Waals surface area contributed by atoms with E-state index in [9.17, 15) is 9.60 Å². The van der Waals surface area contributed by atoms with Gasteiger partial charge < -0.3 is 20.7 Å². The molecule has 2 aromatic rings. The van der Waals surface area contributed by atoms with Crippen molar-refractivity contribution in [1.29, 1.82) is 0 Å². The number of rotatable bonds is 4. The maximum atomic E-state index is 13.4. The van der Waals surface area contributed by atoms with Crippen molar-refractivity contribution in [2.45, 2.75) is 13.5 Å². The second-order valence-corrected chi connectivity index (χ2v) is 5.36. The molecule has 1 aliphatic heterocycles. The number of nitrogens with zero attached hydrogens (tertiary/aromatic N) is 2. The Morgan fingerprint density at radius 1 is 1.43 bits per heavy atom. The third-order valence-corrected chi connectivity index (χ3v) is 3.70. The van der Waals surface area contributed by atoms with E-state index in [4.69, 9.17) is 5.11 Å². The minimum atomic E-state index is -0.318. The van der Waals surface area contributed by atoms with E-state index < -0.39 is 0 Å². The highest BCUT2D eigenvalue weighted by Gasteiger charge is 2.25. The fourth-order valence-electron chi connectivity index (χ4n) is 2.63. The number of hydroxylamine groups is 1. The average Bonchev–Trinajstić information content (AvgIpc) is 2.53. The molecule has 1 aliphatic rings. The molecule has 0 radical (unpaired) electrons. The van der Waals surface area contributed by atoms with E-state index in [1.807, 2.05) is 0 Å². The number of benzene rings is 1. The minimum absolute atomic E-state index is 0.0686. The molecule has 0 spiro atoms. The van der Waals surface area contributed by atoms with Gasteiger partial charge in [0.2, 0.25) is 11.8 Å². The van der Waals surface area contributed by atoms with E-state index in [1.54, 1.807) is 13.0 Å². The standard InChI is InChI=1S/C15H18FN5O2/c1-9-6-10(16)2-3-11(9)13-12-7-17-8-21(23)14(12)20-15(19-13)18-4-5-22/h2-3,6,17,21-22H,4-5,7-8H2,1H3,(H,18,19,20). The lowest BCUT2D eigenvalue weighted by Crippen LogP contribution is -3.05. The number of nitrogens with one attached hydrogen (secondary N) is 3. The number of hydrogen-bond acceptors (Lipinski definition) is 6. The van der Waals surface area contributed by atoms with Crippen molar-refractivity contribution < 1.29 is 14.6 Å². The largest absolute Gasteiger partial charge is 0.627 e. The number of fused-ring (bicyclic) bond motifs is 1. The van der Waals surface area contributed by atoms with E-state index in [-0.39, 0.29) is 36.6 Å². The minimum Gasteiger partial charge on any atom is -0.627 e. The molecule has 1 atom stereocenters. The van der Waals surface area contributed by atoms with Crippen LogP contribution in [0, 0.1) is 17.9 Å². The molecule has 1 aromatic heterocycles. The molecule has 0 amide bonds. The Hall–Kier alpha value is -2.13. The Labute approximate surface area is 132 Å². The summed E-state index contributed by atoms with van der Waals surface area (Å²) in [7, 11) is 0. The van der Waals surface area contributed by atoms with Gasteiger partial charge in [-0.25, -0.2) is 9.37 Å². The molecule has 23 heavy (non-hydrogen) atoms. The maximum absolute atomic E-state index is 13.4. The zero-order valence-corrected chi connectivity index (χ0v) is 12.7. The number of aryl methyl sites for hydroxylation is 1. The predicted octanol–water partition coefficient (Wildman–Crippen LogP) is 0.0702. The van der Waals surface area contributed by atoms with Crippen molar-refractivity contribution in [3.05, 3.63) is 40.4 Å². The van der Waals surface area contributed by atoms with Crippen LogP contribution < -0.4 is 15.7 Å². The molecule has 8 heteroatoms. The summed E-state index contributed by atoms with van der Waals surface area (Å²) in [6.07, 6.45) is 0. The van der Waals surface area contributed by atoms with Gasteiger partial charge in [-0.15, -0.1) is 0 Å². The first-order valence-corrected chi connectivity index (χ1v) is 7.36. The molecule has 0 fully saturated rings. The van der Waals surface area contributed by atoms with Crippen molar-refractivity contribution in [2.24, 2.45) is 0 Å². The summed E-state index contributed by atoms with van der Waals surface area (Å²) in [5.74, 6) is 0.340. The third-order valence-electron chi connectivity index (χ3n) is 3.70. The van der Waals surface area contributed by atoms with Crippen LogP contribution in [0.2, 0.25) is 0 Å². The molecular weight excluding hydrogens is 301 g/mol. The Morgan fingerprint density at radius 3 is 3.00 bits per heavy atom. The first kappa shape index (κ1) is 15.8.